The van der Waals surface area contributed by atoms with Gasteiger partial charge in [0.2, 0.25) is 0 Å². The maximum absolute atomic E-state index is 14.8. The van der Waals surface area contributed by atoms with E-state index in [9.17, 15) is 14.7 Å². The summed E-state index contributed by atoms with van der Waals surface area (Å²) >= 11 is 0. The van der Waals surface area contributed by atoms with Gasteiger partial charge in [-0.25, -0.2) is 4.79 Å². The number of benzene rings is 3. The summed E-state index contributed by atoms with van der Waals surface area (Å²) in [5.41, 5.74) is 1.42. The minimum atomic E-state index is -1.12. The second-order valence-electron chi connectivity index (χ2n) is 10.8. The number of nitrogens with zero attached hydrogens (tertiary/aromatic N) is 1. The van der Waals surface area contributed by atoms with Gasteiger partial charge in [-0.3, -0.25) is 4.79 Å². The van der Waals surface area contributed by atoms with Gasteiger partial charge in [-0.15, -0.1) is 0 Å². The maximum Gasteiger partial charge on any atom is 0.324 e. The molecule has 1 amide bonds. The number of methoxy groups -OCH3 is 2. The molecule has 0 aliphatic carbocycles. The molecule has 0 aromatic heterocycles. The normalized spacial score (nSPS) is 12.9. The molecule has 0 bridgehead atoms. The van der Waals surface area contributed by atoms with Gasteiger partial charge in [-0.1, -0.05) is 82.3 Å². The zero-order chi connectivity index (χ0) is 29.7. The van der Waals surface area contributed by atoms with Crippen molar-refractivity contribution in [2.24, 2.45) is 5.41 Å². The Morgan fingerprint density at radius 1 is 0.805 bits per heavy atom. The maximum atomic E-state index is 14.8. The number of unbranched alkanes of at least 4 members (excludes halogenated alkanes) is 4. The van der Waals surface area contributed by atoms with Crippen LogP contribution in [-0.2, 0) is 16.0 Å². The number of hydrogen-bond donors (Lipinski definition) is 1. The minimum Gasteiger partial charge on any atom is -0.497 e. The monoisotopic (exact) mass is 560 g/mol. The third kappa shape index (κ3) is 7.56. The highest BCUT2D eigenvalue weighted by atomic mass is 16.5. The standard InChI is InChI=1S/C35H45NO5/c1-5-7-8-9-16-24-35(6-2,34(38)39)27-33(37)36(29-17-12-10-13-18-29,30-19-14-11-15-20-30)25-23-28-26-31(40-3)21-22-32(28)41-4/h10-15,17-22,26H,5-9,16,23-25,27H2,1-4H3/p+1. The van der Waals surface area contributed by atoms with Gasteiger partial charge in [0.15, 0.2) is 0 Å². The summed E-state index contributed by atoms with van der Waals surface area (Å²) in [6, 6.07) is 25.1. The van der Waals surface area contributed by atoms with Crippen molar-refractivity contribution in [3.8, 4) is 11.5 Å². The lowest BCUT2D eigenvalue weighted by molar-refractivity contribution is -0.154. The summed E-state index contributed by atoms with van der Waals surface area (Å²) in [5, 5.41) is 10.5. The van der Waals surface area contributed by atoms with E-state index < -0.39 is 11.4 Å². The van der Waals surface area contributed by atoms with Crippen molar-refractivity contribution in [3.05, 3.63) is 84.4 Å². The number of ether oxygens (including phenoxy) is 2. The molecule has 0 aliphatic rings. The van der Waals surface area contributed by atoms with E-state index >= 15 is 0 Å². The lowest BCUT2D eigenvalue weighted by Gasteiger charge is -2.38. The number of quaternary nitrogens is 1. The van der Waals surface area contributed by atoms with Crippen LogP contribution in [0, 0.1) is 5.41 Å². The Morgan fingerprint density at radius 2 is 1.41 bits per heavy atom. The van der Waals surface area contributed by atoms with E-state index in [1.165, 1.54) is 0 Å². The highest BCUT2D eigenvalue weighted by molar-refractivity contribution is 5.97. The third-order valence-corrected chi connectivity index (χ3v) is 8.40. The van der Waals surface area contributed by atoms with Gasteiger partial charge >= 0.3 is 11.9 Å². The second-order valence-corrected chi connectivity index (χ2v) is 10.8. The molecule has 0 radical (unpaired) electrons. The van der Waals surface area contributed by atoms with Crippen LogP contribution < -0.4 is 14.0 Å². The Hall–Kier alpha value is -3.64. The highest BCUT2D eigenvalue weighted by Gasteiger charge is 2.48. The number of amides is 1. The summed E-state index contributed by atoms with van der Waals surface area (Å²) in [5.74, 6) is 0.418. The summed E-state index contributed by atoms with van der Waals surface area (Å²) in [7, 11) is 3.26. The minimum absolute atomic E-state index is 0.0500. The van der Waals surface area contributed by atoms with Crippen LogP contribution in [-0.4, -0.2) is 37.7 Å². The van der Waals surface area contributed by atoms with Crippen molar-refractivity contribution in [2.45, 2.75) is 71.6 Å². The fraction of sp³-hybridized carbons (Fsp3) is 0.429. The van der Waals surface area contributed by atoms with Gasteiger partial charge in [0.1, 0.15) is 22.9 Å². The Bertz CT molecular complexity index is 1200. The molecule has 220 valence electrons. The van der Waals surface area contributed by atoms with Crippen LogP contribution in [0.5, 0.6) is 11.5 Å². The molecule has 0 fully saturated rings. The number of carbonyl (C=O) groups excluding carboxylic acids is 1. The molecule has 6 nitrogen and oxygen atoms in total. The van der Waals surface area contributed by atoms with Crippen molar-refractivity contribution in [2.75, 3.05) is 20.8 Å². The van der Waals surface area contributed by atoms with Crippen molar-refractivity contribution in [3.63, 3.8) is 0 Å². The summed E-state index contributed by atoms with van der Waals surface area (Å²) in [6.07, 6.45) is 6.47. The zero-order valence-electron chi connectivity index (χ0n) is 25.1. The van der Waals surface area contributed by atoms with Crippen LogP contribution in [0.3, 0.4) is 0 Å². The quantitative estimate of drug-likeness (QED) is 0.133. The van der Waals surface area contributed by atoms with Gasteiger partial charge in [0.25, 0.3) is 0 Å². The number of rotatable bonds is 17. The second kappa shape index (κ2) is 15.4. The largest absolute Gasteiger partial charge is 0.497 e. The van der Waals surface area contributed by atoms with E-state index in [1.54, 1.807) is 14.2 Å². The number of carbonyl (C=O) groups is 2. The van der Waals surface area contributed by atoms with Crippen LogP contribution in [0.15, 0.2) is 78.9 Å². The van der Waals surface area contributed by atoms with E-state index in [1.807, 2.05) is 85.8 Å². The molecular formula is C35H46NO5+. The predicted octanol–water partition coefficient (Wildman–Crippen LogP) is 8.34. The van der Waals surface area contributed by atoms with Crippen LogP contribution in [0.25, 0.3) is 0 Å². The smallest absolute Gasteiger partial charge is 0.324 e. The number of hydrogen-bond acceptors (Lipinski definition) is 4. The first-order valence-electron chi connectivity index (χ1n) is 14.8. The fourth-order valence-electron chi connectivity index (χ4n) is 5.77. The lowest BCUT2D eigenvalue weighted by Crippen LogP contribution is -2.53. The van der Waals surface area contributed by atoms with Gasteiger partial charge in [0, 0.05) is 36.2 Å². The van der Waals surface area contributed by atoms with Gasteiger partial charge in [-0.05, 0) is 31.0 Å². The van der Waals surface area contributed by atoms with Gasteiger partial charge in [0.05, 0.1) is 32.6 Å². The molecule has 41 heavy (non-hydrogen) atoms. The van der Waals surface area contributed by atoms with E-state index in [2.05, 4.69) is 6.92 Å². The molecule has 3 aromatic carbocycles. The first-order valence-corrected chi connectivity index (χ1v) is 14.8. The molecule has 0 heterocycles. The first-order chi connectivity index (χ1) is 19.9. The van der Waals surface area contributed by atoms with Gasteiger partial charge in [-0.2, -0.15) is 4.48 Å². The predicted molar refractivity (Wildman–Crippen MR) is 166 cm³/mol. The summed E-state index contributed by atoms with van der Waals surface area (Å²) < 4.78 is 11.0. The Kier molecular flexibility index (Phi) is 12.0. The summed E-state index contributed by atoms with van der Waals surface area (Å²) in [6.45, 7) is 4.46. The number of para-hydroxylation sites is 2. The van der Waals surface area contributed by atoms with Crippen LogP contribution in [0.1, 0.15) is 70.8 Å². The first kappa shape index (κ1) is 31.9. The molecule has 1 unspecified atom stereocenters. The SMILES string of the molecule is CCCCCCCC(CC)(CC(=O)[N+](CCc1cc(OC)ccc1OC)(c1ccccc1)c1ccccc1)C(=O)O. The molecule has 1 atom stereocenters. The molecule has 1 N–H and O–H groups in total. The van der Waals surface area contributed by atoms with Crippen molar-refractivity contribution < 1.29 is 24.2 Å². The highest BCUT2D eigenvalue weighted by Crippen LogP contribution is 2.42. The average Bonchev–Trinajstić information content (AvgIpc) is 3.01. The summed E-state index contributed by atoms with van der Waals surface area (Å²) in [4.78, 5) is 27.7. The van der Waals surface area contributed by atoms with Crippen molar-refractivity contribution >= 4 is 23.3 Å². The number of carboxylic acids is 1. The lowest BCUT2D eigenvalue weighted by atomic mass is 9.76. The Labute approximate surface area is 245 Å². The van der Waals surface area contributed by atoms with Crippen LogP contribution in [0.4, 0.5) is 11.4 Å². The zero-order valence-corrected chi connectivity index (χ0v) is 25.1. The van der Waals surface area contributed by atoms with Crippen molar-refractivity contribution in [1.29, 1.82) is 0 Å². The molecule has 6 heteroatoms. The van der Waals surface area contributed by atoms with Gasteiger partial charge < -0.3 is 14.6 Å². The van der Waals surface area contributed by atoms with E-state index in [4.69, 9.17) is 9.47 Å². The van der Waals surface area contributed by atoms with Crippen LogP contribution >= 0.6 is 0 Å². The van der Waals surface area contributed by atoms with Crippen LogP contribution in [0.2, 0.25) is 0 Å². The number of aliphatic carboxylic acids is 1. The van der Waals surface area contributed by atoms with E-state index in [-0.39, 0.29) is 16.8 Å². The molecule has 0 saturated heterocycles. The molecule has 0 saturated carbocycles. The topological polar surface area (TPSA) is 72.8 Å². The average molecular weight is 561 g/mol. The third-order valence-electron chi connectivity index (χ3n) is 8.40. The molecule has 3 rings (SSSR count). The van der Waals surface area contributed by atoms with E-state index in [0.717, 1.165) is 54.8 Å². The molecule has 0 spiro atoms. The molecule has 3 aromatic rings. The Morgan fingerprint density at radius 3 is 1.93 bits per heavy atom. The molecule has 0 aliphatic heterocycles. The molecular weight excluding hydrogens is 514 g/mol. The Balaban J connectivity index is 2.10. The fourth-order valence-corrected chi connectivity index (χ4v) is 5.77. The van der Waals surface area contributed by atoms with E-state index in [0.29, 0.717) is 31.6 Å². The number of carboxylic acid groups (broad SMARTS) is 1. The van der Waals surface area contributed by atoms with Crippen molar-refractivity contribution in [1.82, 2.24) is 4.48 Å².